The van der Waals surface area contributed by atoms with Crippen LogP contribution in [0.4, 0.5) is 0 Å². The lowest BCUT2D eigenvalue weighted by Gasteiger charge is -2.34. The highest BCUT2D eigenvalue weighted by Crippen LogP contribution is 2.36. The number of carbonyl (C=O) groups is 1. The quantitative estimate of drug-likeness (QED) is 0.833. The second kappa shape index (κ2) is 6.36. The van der Waals surface area contributed by atoms with Gasteiger partial charge in [0.15, 0.2) is 0 Å². The second-order valence-electron chi connectivity index (χ2n) is 6.43. The lowest BCUT2D eigenvalue weighted by atomic mass is 9.92. The van der Waals surface area contributed by atoms with Gasteiger partial charge < -0.3 is 14.9 Å². The molecule has 1 fully saturated rings. The first-order valence-electron chi connectivity index (χ1n) is 8.05. The molecule has 0 saturated carbocycles. The molecule has 1 heterocycles. The van der Waals surface area contributed by atoms with Crippen LogP contribution in [0.5, 0.6) is 0 Å². The number of likely N-dealkylation sites (N-methyl/N-ethyl adjacent to an activating group) is 1. The van der Waals surface area contributed by atoms with Gasteiger partial charge in [-0.25, -0.2) is 0 Å². The molecule has 1 aromatic carbocycles. The first-order chi connectivity index (χ1) is 10.6. The van der Waals surface area contributed by atoms with Gasteiger partial charge in [0.1, 0.15) is 0 Å². The third-order valence-corrected chi connectivity index (χ3v) is 5.06. The summed E-state index contributed by atoms with van der Waals surface area (Å²) in [5.41, 5.74) is 1.96. The summed E-state index contributed by atoms with van der Waals surface area (Å²) in [6, 6.07) is 8.20. The van der Waals surface area contributed by atoms with Crippen molar-refractivity contribution in [2.75, 3.05) is 46.4 Å². The first kappa shape index (κ1) is 15.5. The van der Waals surface area contributed by atoms with Gasteiger partial charge in [-0.15, -0.1) is 0 Å². The maximum atomic E-state index is 12.4. The third kappa shape index (κ3) is 2.89. The summed E-state index contributed by atoms with van der Waals surface area (Å²) in [5.74, 6) is 0.130. The number of carbonyl (C=O) groups excluding carboxylic acids is 1. The molecule has 1 aliphatic carbocycles. The molecule has 0 spiro atoms. The molecular weight excluding hydrogens is 278 g/mol. The molecule has 0 aromatic heterocycles. The number of benzene rings is 1. The van der Waals surface area contributed by atoms with Crippen molar-refractivity contribution in [3.63, 3.8) is 0 Å². The van der Waals surface area contributed by atoms with Gasteiger partial charge in [0.05, 0.1) is 18.7 Å². The van der Waals surface area contributed by atoms with Crippen LogP contribution in [0.15, 0.2) is 24.3 Å². The van der Waals surface area contributed by atoms with E-state index in [4.69, 9.17) is 0 Å². The van der Waals surface area contributed by atoms with E-state index in [2.05, 4.69) is 29.4 Å². The number of aryl methyl sites for hydroxylation is 1. The van der Waals surface area contributed by atoms with Crippen molar-refractivity contribution < 1.29 is 9.90 Å². The first-order valence-corrected chi connectivity index (χ1v) is 8.05. The van der Waals surface area contributed by atoms with Crippen molar-refractivity contribution in [1.82, 2.24) is 15.1 Å². The molecular formula is C17H25N3O2. The predicted molar refractivity (Wildman–Crippen MR) is 85.6 cm³/mol. The van der Waals surface area contributed by atoms with E-state index in [-0.39, 0.29) is 12.5 Å². The fourth-order valence-corrected chi connectivity index (χ4v) is 3.50. The molecule has 1 unspecified atom stereocenters. The van der Waals surface area contributed by atoms with Crippen molar-refractivity contribution in [3.8, 4) is 0 Å². The van der Waals surface area contributed by atoms with Gasteiger partial charge in [0, 0.05) is 26.2 Å². The zero-order valence-corrected chi connectivity index (χ0v) is 13.2. The van der Waals surface area contributed by atoms with Crippen LogP contribution in [0.2, 0.25) is 0 Å². The molecule has 5 nitrogen and oxygen atoms in total. The molecule has 1 atom stereocenters. The van der Waals surface area contributed by atoms with E-state index in [0.29, 0.717) is 6.54 Å². The lowest BCUT2D eigenvalue weighted by Crippen LogP contribution is -2.53. The van der Waals surface area contributed by atoms with E-state index in [9.17, 15) is 9.90 Å². The highest BCUT2D eigenvalue weighted by atomic mass is 16.3. The Morgan fingerprint density at radius 3 is 2.73 bits per heavy atom. The number of hydrogen-bond donors (Lipinski definition) is 2. The largest absolute Gasteiger partial charge is 0.394 e. The average molecular weight is 303 g/mol. The molecule has 0 radical (unpaired) electrons. The van der Waals surface area contributed by atoms with E-state index >= 15 is 0 Å². The number of rotatable bonds is 4. The standard InChI is InChI=1S/C17H25N3O2/c1-19-8-10-20(11-9-19)16(22)12-18-17(13-21)7-6-14-4-2-3-5-15(14)17/h2-5,18,21H,6-13H2,1H3. The summed E-state index contributed by atoms with van der Waals surface area (Å²) < 4.78 is 0. The Balaban J connectivity index is 1.64. The van der Waals surface area contributed by atoms with Gasteiger partial charge in [-0.05, 0) is 31.0 Å². The smallest absolute Gasteiger partial charge is 0.236 e. The van der Waals surface area contributed by atoms with Crippen LogP contribution in [0, 0.1) is 0 Å². The van der Waals surface area contributed by atoms with E-state index in [1.54, 1.807) is 0 Å². The average Bonchev–Trinajstić information content (AvgIpc) is 2.93. The van der Waals surface area contributed by atoms with Gasteiger partial charge in [-0.2, -0.15) is 0 Å². The number of aliphatic hydroxyl groups excluding tert-OH is 1. The summed E-state index contributed by atoms with van der Waals surface area (Å²) in [6.45, 7) is 3.76. The minimum atomic E-state index is -0.459. The summed E-state index contributed by atoms with van der Waals surface area (Å²) in [7, 11) is 2.08. The van der Waals surface area contributed by atoms with Gasteiger partial charge >= 0.3 is 0 Å². The van der Waals surface area contributed by atoms with E-state index in [0.717, 1.165) is 44.6 Å². The van der Waals surface area contributed by atoms with Crippen LogP contribution >= 0.6 is 0 Å². The summed E-state index contributed by atoms with van der Waals surface area (Å²) in [6.07, 6.45) is 1.80. The number of amides is 1. The van der Waals surface area contributed by atoms with E-state index in [1.807, 2.05) is 17.0 Å². The predicted octanol–water partition coefficient (Wildman–Crippen LogP) is 0.184. The van der Waals surface area contributed by atoms with E-state index in [1.165, 1.54) is 5.56 Å². The molecule has 1 amide bonds. The number of fused-ring (bicyclic) bond motifs is 1. The second-order valence-corrected chi connectivity index (χ2v) is 6.43. The minimum absolute atomic E-state index is 0.0278. The highest BCUT2D eigenvalue weighted by molar-refractivity contribution is 5.78. The maximum absolute atomic E-state index is 12.4. The van der Waals surface area contributed by atoms with Crippen LogP contribution in [0.3, 0.4) is 0 Å². The van der Waals surface area contributed by atoms with E-state index < -0.39 is 5.54 Å². The topological polar surface area (TPSA) is 55.8 Å². The van der Waals surface area contributed by atoms with Gasteiger partial charge in [0.2, 0.25) is 5.91 Å². The van der Waals surface area contributed by atoms with Gasteiger partial charge in [-0.3, -0.25) is 10.1 Å². The molecule has 22 heavy (non-hydrogen) atoms. The lowest BCUT2D eigenvalue weighted by molar-refractivity contribution is -0.132. The summed E-state index contributed by atoms with van der Waals surface area (Å²) in [4.78, 5) is 16.5. The monoisotopic (exact) mass is 303 g/mol. The number of nitrogens with zero attached hydrogens (tertiary/aromatic N) is 2. The Bertz CT molecular complexity index is 540. The summed E-state index contributed by atoms with van der Waals surface area (Å²) >= 11 is 0. The number of hydrogen-bond acceptors (Lipinski definition) is 4. The van der Waals surface area contributed by atoms with Crippen molar-refractivity contribution in [3.05, 3.63) is 35.4 Å². The van der Waals surface area contributed by atoms with Crippen LogP contribution in [0.25, 0.3) is 0 Å². The number of nitrogens with one attached hydrogen (secondary N) is 1. The molecule has 2 N–H and O–H groups in total. The third-order valence-electron chi connectivity index (χ3n) is 5.06. The van der Waals surface area contributed by atoms with Crippen LogP contribution in [0.1, 0.15) is 17.5 Å². The van der Waals surface area contributed by atoms with Crippen LogP contribution in [-0.2, 0) is 16.8 Å². The van der Waals surface area contributed by atoms with Crippen molar-refractivity contribution in [1.29, 1.82) is 0 Å². The minimum Gasteiger partial charge on any atom is -0.394 e. The Hall–Kier alpha value is -1.43. The Morgan fingerprint density at radius 2 is 2.00 bits per heavy atom. The molecule has 2 aliphatic rings. The molecule has 1 saturated heterocycles. The van der Waals surface area contributed by atoms with Gasteiger partial charge in [0.25, 0.3) is 0 Å². The normalized spacial score (nSPS) is 25.3. The molecule has 5 heteroatoms. The van der Waals surface area contributed by atoms with Crippen molar-refractivity contribution in [2.45, 2.75) is 18.4 Å². The highest BCUT2D eigenvalue weighted by Gasteiger charge is 2.38. The Kier molecular flexibility index (Phi) is 4.47. The fourth-order valence-electron chi connectivity index (χ4n) is 3.50. The molecule has 1 aromatic rings. The van der Waals surface area contributed by atoms with Crippen LogP contribution < -0.4 is 5.32 Å². The van der Waals surface area contributed by atoms with Gasteiger partial charge in [-0.1, -0.05) is 24.3 Å². The SMILES string of the molecule is CN1CCN(C(=O)CNC2(CO)CCc3ccccc32)CC1. The molecule has 0 bridgehead atoms. The van der Waals surface area contributed by atoms with Crippen LogP contribution in [-0.4, -0.2) is 67.2 Å². The van der Waals surface area contributed by atoms with Crippen molar-refractivity contribution >= 4 is 5.91 Å². The Labute approximate surface area is 131 Å². The molecule has 3 rings (SSSR count). The number of piperazine rings is 1. The zero-order valence-electron chi connectivity index (χ0n) is 13.2. The molecule has 120 valence electrons. The van der Waals surface area contributed by atoms with Crippen molar-refractivity contribution in [2.24, 2.45) is 0 Å². The number of aliphatic hydroxyl groups is 1. The maximum Gasteiger partial charge on any atom is 0.236 e. The molecule has 1 aliphatic heterocycles. The summed E-state index contributed by atoms with van der Waals surface area (Å²) in [5, 5.41) is 13.3. The zero-order chi connectivity index (χ0) is 15.6. The fraction of sp³-hybridized carbons (Fsp3) is 0.588. The Morgan fingerprint density at radius 1 is 1.27 bits per heavy atom.